The molecule has 0 spiro atoms. The second-order valence-corrected chi connectivity index (χ2v) is 5.33. The summed E-state index contributed by atoms with van der Waals surface area (Å²) in [6.45, 7) is 5.60. The molecule has 1 saturated heterocycles. The van der Waals surface area contributed by atoms with Crippen molar-refractivity contribution in [1.82, 2.24) is 9.47 Å². The summed E-state index contributed by atoms with van der Waals surface area (Å²) < 4.78 is 1.89. The number of nitrogen functional groups attached to an aromatic ring is 1. The second-order valence-electron chi connectivity index (χ2n) is 5.33. The number of anilines is 1. The highest BCUT2D eigenvalue weighted by Gasteiger charge is 2.35. The summed E-state index contributed by atoms with van der Waals surface area (Å²) in [5.41, 5.74) is 6.22. The summed E-state index contributed by atoms with van der Waals surface area (Å²) >= 11 is 0. The Morgan fingerprint density at radius 2 is 2.33 bits per heavy atom. The molecule has 0 bridgehead atoms. The van der Waals surface area contributed by atoms with Crippen LogP contribution in [0.3, 0.4) is 0 Å². The van der Waals surface area contributed by atoms with E-state index in [2.05, 4.69) is 6.92 Å². The molecule has 3 N–H and O–H groups in total. The van der Waals surface area contributed by atoms with Crippen LogP contribution in [0.25, 0.3) is 0 Å². The molecule has 2 rings (SSSR count). The highest BCUT2D eigenvalue weighted by molar-refractivity contribution is 5.94. The van der Waals surface area contributed by atoms with E-state index in [1.165, 1.54) is 0 Å². The van der Waals surface area contributed by atoms with Crippen molar-refractivity contribution in [2.24, 2.45) is 0 Å². The van der Waals surface area contributed by atoms with Crippen LogP contribution in [-0.2, 0) is 6.54 Å². The number of carbonyl (C=O) groups excluding carboxylic acids is 1. The monoisotopic (exact) mass is 251 g/mol. The van der Waals surface area contributed by atoms with Gasteiger partial charge >= 0.3 is 0 Å². The van der Waals surface area contributed by atoms with Crippen LogP contribution < -0.4 is 5.73 Å². The van der Waals surface area contributed by atoms with Crippen LogP contribution in [0.1, 0.15) is 37.2 Å². The Bertz CT molecular complexity index is 451. The van der Waals surface area contributed by atoms with E-state index in [9.17, 15) is 9.90 Å². The molecule has 1 atom stereocenters. The van der Waals surface area contributed by atoms with E-state index < -0.39 is 5.60 Å². The van der Waals surface area contributed by atoms with Crippen LogP contribution in [0.5, 0.6) is 0 Å². The van der Waals surface area contributed by atoms with Crippen molar-refractivity contribution in [3.8, 4) is 0 Å². The van der Waals surface area contributed by atoms with Crippen molar-refractivity contribution in [3.05, 3.63) is 18.0 Å². The fourth-order valence-corrected chi connectivity index (χ4v) is 2.42. The molecule has 1 aliphatic heterocycles. The number of carbonyl (C=O) groups is 1. The Morgan fingerprint density at radius 3 is 2.89 bits per heavy atom. The first-order chi connectivity index (χ1) is 8.43. The first-order valence-electron chi connectivity index (χ1n) is 6.40. The summed E-state index contributed by atoms with van der Waals surface area (Å²) in [5, 5.41) is 9.91. The number of rotatable bonds is 3. The van der Waals surface area contributed by atoms with Gasteiger partial charge in [0.15, 0.2) is 0 Å². The predicted octanol–water partition coefficient (Wildman–Crippen LogP) is 1.08. The number of aryl methyl sites for hydroxylation is 1. The van der Waals surface area contributed by atoms with Crippen molar-refractivity contribution in [3.63, 3.8) is 0 Å². The first-order valence-corrected chi connectivity index (χ1v) is 6.40. The lowest BCUT2D eigenvalue weighted by molar-refractivity contribution is 0.0566. The molecule has 1 fully saturated rings. The smallest absolute Gasteiger partial charge is 0.270 e. The average Bonchev–Trinajstić information content (AvgIpc) is 2.81. The third-order valence-electron chi connectivity index (χ3n) is 3.34. The van der Waals surface area contributed by atoms with Gasteiger partial charge in [0.1, 0.15) is 5.69 Å². The van der Waals surface area contributed by atoms with Gasteiger partial charge in [-0.15, -0.1) is 0 Å². The minimum atomic E-state index is -0.761. The zero-order valence-corrected chi connectivity index (χ0v) is 11.0. The van der Waals surface area contributed by atoms with Crippen LogP contribution in [-0.4, -0.2) is 39.2 Å². The fraction of sp³-hybridized carbons (Fsp3) is 0.615. The fourth-order valence-electron chi connectivity index (χ4n) is 2.42. The molecule has 1 unspecified atom stereocenters. The van der Waals surface area contributed by atoms with Gasteiger partial charge in [-0.25, -0.2) is 0 Å². The molecule has 0 aromatic carbocycles. The van der Waals surface area contributed by atoms with Crippen LogP contribution in [0.15, 0.2) is 12.3 Å². The quantitative estimate of drug-likeness (QED) is 0.844. The van der Waals surface area contributed by atoms with Gasteiger partial charge in [-0.3, -0.25) is 4.79 Å². The van der Waals surface area contributed by atoms with E-state index >= 15 is 0 Å². The molecular weight excluding hydrogens is 230 g/mol. The molecule has 18 heavy (non-hydrogen) atoms. The molecule has 100 valence electrons. The second kappa shape index (κ2) is 4.65. The highest BCUT2D eigenvalue weighted by atomic mass is 16.3. The lowest BCUT2D eigenvalue weighted by Crippen LogP contribution is -2.34. The average molecular weight is 251 g/mol. The Balaban J connectivity index is 2.18. The van der Waals surface area contributed by atoms with Crippen LogP contribution in [0, 0.1) is 0 Å². The lowest BCUT2D eigenvalue weighted by Gasteiger charge is -2.19. The van der Waals surface area contributed by atoms with Crippen molar-refractivity contribution in [2.75, 3.05) is 18.8 Å². The largest absolute Gasteiger partial charge is 0.397 e. The maximum Gasteiger partial charge on any atom is 0.270 e. The number of hydrogen-bond acceptors (Lipinski definition) is 3. The van der Waals surface area contributed by atoms with E-state index in [1.54, 1.807) is 24.1 Å². The van der Waals surface area contributed by atoms with E-state index in [0.717, 1.165) is 13.0 Å². The maximum absolute atomic E-state index is 12.4. The minimum absolute atomic E-state index is 0.0436. The van der Waals surface area contributed by atoms with E-state index in [-0.39, 0.29) is 5.91 Å². The van der Waals surface area contributed by atoms with Gasteiger partial charge in [0, 0.05) is 25.8 Å². The van der Waals surface area contributed by atoms with Crippen molar-refractivity contribution in [1.29, 1.82) is 0 Å². The maximum atomic E-state index is 12.4. The SMILES string of the molecule is CCCn1cc(N)cc1C(=O)N1CCC(C)(O)C1. The third kappa shape index (κ3) is 2.51. The van der Waals surface area contributed by atoms with Crippen LogP contribution >= 0.6 is 0 Å². The molecule has 0 aliphatic carbocycles. The molecule has 2 heterocycles. The Hall–Kier alpha value is -1.49. The Morgan fingerprint density at radius 1 is 1.61 bits per heavy atom. The number of nitrogens with two attached hydrogens (primary N) is 1. The Labute approximate surface area is 107 Å². The molecule has 0 radical (unpaired) electrons. The Kier molecular flexibility index (Phi) is 3.34. The number of hydrogen-bond donors (Lipinski definition) is 2. The number of aliphatic hydroxyl groups is 1. The number of likely N-dealkylation sites (tertiary alicyclic amines) is 1. The van der Waals surface area contributed by atoms with Gasteiger partial charge in [0.05, 0.1) is 11.3 Å². The predicted molar refractivity (Wildman–Crippen MR) is 70.3 cm³/mol. The lowest BCUT2D eigenvalue weighted by atomic mass is 10.1. The van der Waals surface area contributed by atoms with Crippen LogP contribution in [0.2, 0.25) is 0 Å². The summed E-state index contributed by atoms with van der Waals surface area (Å²) in [4.78, 5) is 14.1. The van der Waals surface area contributed by atoms with Gasteiger partial charge in [0.25, 0.3) is 5.91 Å². The number of aromatic nitrogens is 1. The van der Waals surface area contributed by atoms with Crippen molar-refractivity contribution >= 4 is 11.6 Å². The topological polar surface area (TPSA) is 71.5 Å². The van der Waals surface area contributed by atoms with E-state index in [1.807, 2.05) is 4.57 Å². The minimum Gasteiger partial charge on any atom is -0.397 e. The van der Waals surface area contributed by atoms with E-state index in [4.69, 9.17) is 5.73 Å². The highest BCUT2D eigenvalue weighted by Crippen LogP contribution is 2.23. The molecule has 5 nitrogen and oxygen atoms in total. The van der Waals surface area contributed by atoms with Gasteiger partial charge in [-0.1, -0.05) is 6.92 Å². The summed E-state index contributed by atoms with van der Waals surface area (Å²) in [5.74, 6) is -0.0436. The summed E-state index contributed by atoms with van der Waals surface area (Å²) in [7, 11) is 0. The summed E-state index contributed by atoms with van der Waals surface area (Å²) in [6, 6.07) is 1.71. The van der Waals surface area contributed by atoms with Gasteiger partial charge in [-0.05, 0) is 25.8 Å². The van der Waals surface area contributed by atoms with Gasteiger partial charge in [0.2, 0.25) is 0 Å². The molecule has 1 amide bonds. The zero-order valence-electron chi connectivity index (χ0n) is 11.0. The summed E-state index contributed by atoms with van der Waals surface area (Å²) in [6.07, 6.45) is 3.37. The normalized spacial score (nSPS) is 23.6. The van der Waals surface area contributed by atoms with Gasteiger partial charge in [-0.2, -0.15) is 0 Å². The molecule has 1 aromatic rings. The number of β-amino-alcohol motifs (C(OH)–C–C–N with tert-alkyl or cyclic N) is 1. The third-order valence-corrected chi connectivity index (χ3v) is 3.34. The van der Waals surface area contributed by atoms with Crippen molar-refractivity contribution < 1.29 is 9.90 Å². The van der Waals surface area contributed by atoms with E-state index in [0.29, 0.717) is 30.9 Å². The van der Waals surface area contributed by atoms with Gasteiger partial charge < -0.3 is 20.3 Å². The molecule has 1 aliphatic rings. The van der Waals surface area contributed by atoms with Crippen LogP contribution in [0.4, 0.5) is 5.69 Å². The molecule has 0 saturated carbocycles. The number of amides is 1. The molecule has 5 heteroatoms. The number of nitrogens with zero attached hydrogens (tertiary/aromatic N) is 2. The zero-order chi connectivity index (χ0) is 13.3. The standard InChI is InChI=1S/C13H21N3O2/c1-3-5-15-8-10(14)7-11(15)12(17)16-6-4-13(2,18)9-16/h7-8,18H,3-6,9,14H2,1-2H3. The molecular formula is C13H21N3O2. The first kappa shape index (κ1) is 13.0. The molecule has 1 aromatic heterocycles. The van der Waals surface area contributed by atoms with Crippen molar-refractivity contribution in [2.45, 2.75) is 38.8 Å².